The van der Waals surface area contributed by atoms with Crippen molar-refractivity contribution in [3.63, 3.8) is 0 Å². The number of hydrogen-bond acceptors (Lipinski definition) is 5. The van der Waals surface area contributed by atoms with Crippen LogP contribution in [0, 0.1) is 0 Å². The van der Waals surface area contributed by atoms with Crippen LogP contribution >= 0.6 is 11.3 Å². The van der Waals surface area contributed by atoms with E-state index >= 15 is 0 Å². The lowest BCUT2D eigenvalue weighted by atomic mass is 10.0. The van der Waals surface area contributed by atoms with Gasteiger partial charge in [-0.25, -0.2) is 4.98 Å². The van der Waals surface area contributed by atoms with Gasteiger partial charge < -0.3 is 18.3 Å². The Labute approximate surface area is 318 Å². The van der Waals surface area contributed by atoms with Gasteiger partial charge in [0.2, 0.25) is 5.89 Å². The van der Waals surface area contributed by atoms with Crippen LogP contribution in [0.15, 0.2) is 185 Å². The molecule has 0 spiro atoms. The average molecular weight is 724 g/mol. The van der Waals surface area contributed by atoms with Crippen molar-refractivity contribution in [2.45, 2.75) is 0 Å². The Morgan fingerprint density at radius 1 is 0.455 bits per heavy atom. The minimum atomic E-state index is 0.590. The van der Waals surface area contributed by atoms with Crippen molar-refractivity contribution in [3.8, 4) is 17.1 Å². The van der Waals surface area contributed by atoms with Gasteiger partial charge in [0.25, 0.3) is 0 Å². The number of nitrogens with zero attached hydrogens (tertiary/aromatic N) is 3. The molecular weight excluding hydrogens is 695 g/mol. The van der Waals surface area contributed by atoms with Crippen LogP contribution in [0.25, 0.3) is 92.2 Å². The minimum absolute atomic E-state index is 0.590. The van der Waals surface area contributed by atoms with E-state index in [4.69, 9.17) is 13.8 Å². The molecule has 0 saturated heterocycles. The van der Waals surface area contributed by atoms with Gasteiger partial charge in [-0.05, 0) is 78.9 Å². The molecule has 0 unspecified atom stereocenters. The average Bonchev–Trinajstić information content (AvgIpc) is 4.01. The van der Waals surface area contributed by atoms with Crippen molar-refractivity contribution in [1.29, 1.82) is 0 Å². The van der Waals surface area contributed by atoms with Crippen LogP contribution in [-0.4, -0.2) is 9.55 Å². The van der Waals surface area contributed by atoms with Gasteiger partial charge in [-0.15, -0.1) is 11.3 Å². The predicted molar refractivity (Wildman–Crippen MR) is 229 cm³/mol. The van der Waals surface area contributed by atoms with E-state index in [1.165, 1.54) is 30.9 Å². The Bertz CT molecular complexity index is 3450. The Balaban J connectivity index is 1.20. The predicted octanol–water partition coefficient (Wildman–Crippen LogP) is 14.3. The lowest BCUT2D eigenvalue weighted by Gasteiger charge is -2.28. The van der Waals surface area contributed by atoms with Crippen LogP contribution in [0.3, 0.4) is 0 Å². The van der Waals surface area contributed by atoms with E-state index in [0.29, 0.717) is 11.5 Å². The second kappa shape index (κ2) is 11.7. The maximum atomic E-state index is 6.68. The highest BCUT2D eigenvalue weighted by atomic mass is 32.1. The summed E-state index contributed by atoms with van der Waals surface area (Å²) < 4.78 is 17.9. The highest BCUT2D eigenvalue weighted by Crippen LogP contribution is 2.51. The first-order valence-corrected chi connectivity index (χ1v) is 19.2. The van der Waals surface area contributed by atoms with E-state index in [0.717, 1.165) is 66.8 Å². The van der Waals surface area contributed by atoms with Gasteiger partial charge in [-0.1, -0.05) is 91.0 Å². The monoisotopic (exact) mass is 723 g/mol. The topological polar surface area (TPSA) is 47.3 Å². The number of benzene rings is 8. The molecule has 0 fully saturated rings. The van der Waals surface area contributed by atoms with E-state index in [1.54, 1.807) is 0 Å². The highest BCUT2D eigenvalue weighted by Gasteiger charge is 2.26. The lowest BCUT2D eigenvalue weighted by molar-refractivity contribution is 0.617. The van der Waals surface area contributed by atoms with Crippen molar-refractivity contribution in [2.75, 3.05) is 4.90 Å². The van der Waals surface area contributed by atoms with Crippen LogP contribution in [-0.2, 0) is 0 Å². The summed E-state index contributed by atoms with van der Waals surface area (Å²) in [5.74, 6) is 0.590. The zero-order chi connectivity index (χ0) is 36.0. The van der Waals surface area contributed by atoms with Gasteiger partial charge >= 0.3 is 0 Å². The summed E-state index contributed by atoms with van der Waals surface area (Å²) in [5, 5.41) is 6.83. The Kier molecular flexibility index (Phi) is 6.44. The number of thiophene rings is 1. The molecule has 0 aliphatic carbocycles. The molecule has 12 rings (SSSR count). The van der Waals surface area contributed by atoms with E-state index in [1.807, 2.05) is 47.7 Å². The van der Waals surface area contributed by atoms with Crippen molar-refractivity contribution in [3.05, 3.63) is 176 Å². The molecule has 0 saturated carbocycles. The molecule has 5 nitrogen and oxygen atoms in total. The van der Waals surface area contributed by atoms with E-state index < -0.39 is 0 Å². The second-order valence-corrected chi connectivity index (χ2v) is 15.0. The van der Waals surface area contributed by atoms with Crippen molar-refractivity contribution in [2.24, 2.45) is 0 Å². The number of para-hydroxylation sites is 2. The third-order valence-corrected chi connectivity index (χ3v) is 11.9. The quantitative estimate of drug-likeness (QED) is 0.177. The molecule has 0 radical (unpaired) electrons. The van der Waals surface area contributed by atoms with Gasteiger partial charge in [0, 0.05) is 53.6 Å². The third kappa shape index (κ3) is 4.49. The zero-order valence-electron chi connectivity index (χ0n) is 29.3. The maximum absolute atomic E-state index is 6.68. The number of rotatable bonds is 5. The SMILES string of the molecule is c1ccc(-c2nc3cc4c(cc3o2)oc2cccc(N(c3cccc5sc6ccccc6c35)c3cccc5c3c3ccccc3n5-c3ccccc3)c24)cc1. The molecule has 0 aliphatic heterocycles. The first-order chi connectivity index (χ1) is 27.3. The summed E-state index contributed by atoms with van der Waals surface area (Å²) in [5.41, 5.74) is 10.6. The standard InChI is InChI=1S/C49H29N3O2S/c1-3-14-30(15-4-1)49-50-35-28-34-42(29-43(35)54-49)53-41-25-12-23-39(47(34)41)52(40-24-13-27-45-48(40)33-19-8-10-26-44(33)55-45)38-22-11-21-37-46(38)32-18-7-9-20-36(32)51(37)31-16-5-2-6-17-31/h1-29H. The molecule has 0 atom stereocenters. The number of furan rings is 1. The molecule has 4 heterocycles. The molecule has 0 bridgehead atoms. The van der Waals surface area contributed by atoms with Gasteiger partial charge in [0.15, 0.2) is 5.58 Å². The zero-order valence-corrected chi connectivity index (χ0v) is 30.1. The fourth-order valence-corrected chi connectivity index (χ4v) is 9.62. The van der Waals surface area contributed by atoms with Crippen LogP contribution in [0.5, 0.6) is 0 Å². The second-order valence-electron chi connectivity index (χ2n) is 13.9. The third-order valence-electron chi connectivity index (χ3n) is 10.8. The van der Waals surface area contributed by atoms with Crippen molar-refractivity contribution < 1.29 is 8.83 Å². The summed E-state index contributed by atoms with van der Waals surface area (Å²) in [4.78, 5) is 7.43. The van der Waals surface area contributed by atoms with Crippen LogP contribution < -0.4 is 4.90 Å². The normalized spacial score (nSPS) is 12.0. The molecule has 258 valence electrons. The molecule has 8 aromatic carbocycles. The molecule has 0 amide bonds. The van der Waals surface area contributed by atoms with E-state index in [2.05, 4.69) is 149 Å². The van der Waals surface area contributed by atoms with Gasteiger partial charge in [0.1, 0.15) is 16.7 Å². The van der Waals surface area contributed by atoms with Gasteiger partial charge in [-0.3, -0.25) is 0 Å². The Morgan fingerprint density at radius 3 is 1.96 bits per heavy atom. The minimum Gasteiger partial charge on any atom is -0.456 e. The van der Waals surface area contributed by atoms with E-state index in [9.17, 15) is 0 Å². The summed E-state index contributed by atoms with van der Waals surface area (Å²) in [6.45, 7) is 0. The van der Waals surface area contributed by atoms with Crippen molar-refractivity contribution in [1.82, 2.24) is 9.55 Å². The fourth-order valence-electron chi connectivity index (χ4n) is 8.49. The number of hydrogen-bond donors (Lipinski definition) is 0. The summed E-state index contributed by atoms with van der Waals surface area (Å²) >= 11 is 1.83. The lowest BCUT2D eigenvalue weighted by Crippen LogP contribution is -2.11. The molecule has 12 aromatic rings. The first kappa shape index (κ1) is 30.3. The van der Waals surface area contributed by atoms with Crippen LogP contribution in [0.2, 0.25) is 0 Å². The smallest absolute Gasteiger partial charge is 0.227 e. The molecule has 0 aliphatic rings. The van der Waals surface area contributed by atoms with Crippen LogP contribution in [0.4, 0.5) is 17.1 Å². The maximum Gasteiger partial charge on any atom is 0.227 e. The largest absolute Gasteiger partial charge is 0.456 e. The summed E-state index contributed by atoms with van der Waals surface area (Å²) in [6.07, 6.45) is 0. The van der Waals surface area contributed by atoms with Crippen LogP contribution in [0.1, 0.15) is 0 Å². The Hall–Kier alpha value is -7.15. The molecule has 0 N–H and O–H groups in total. The Morgan fingerprint density at radius 2 is 1.11 bits per heavy atom. The van der Waals surface area contributed by atoms with E-state index in [-0.39, 0.29) is 0 Å². The van der Waals surface area contributed by atoms with Gasteiger partial charge in [0.05, 0.1) is 33.5 Å². The fraction of sp³-hybridized carbons (Fsp3) is 0. The number of oxazole rings is 1. The van der Waals surface area contributed by atoms with Crippen molar-refractivity contribution >= 4 is 103 Å². The first-order valence-electron chi connectivity index (χ1n) is 18.4. The molecule has 4 aromatic heterocycles. The number of anilines is 3. The van der Waals surface area contributed by atoms with Gasteiger partial charge in [-0.2, -0.15) is 0 Å². The molecule has 6 heteroatoms. The molecular formula is C49H29N3O2S. The highest BCUT2D eigenvalue weighted by molar-refractivity contribution is 7.26. The summed E-state index contributed by atoms with van der Waals surface area (Å²) in [6, 6.07) is 62.0. The summed E-state index contributed by atoms with van der Waals surface area (Å²) in [7, 11) is 0. The number of aromatic nitrogens is 2. The number of fused-ring (bicyclic) bond motifs is 10. The molecule has 55 heavy (non-hydrogen) atoms.